The number of methoxy groups -OCH3 is 3. The van der Waals surface area contributed by atoms with E-state index in [-0.39, 0.29) is 52.7 Å². The standard InChI is InChI=1S/C32H37NO12/c1-14(40-3)29-18(33-9-10-43-31(42-5)30(33)45-29)13-44-20-12-32(39,15(2)34)11-17-22(20)28(38)24-23(26(17)36)25(35)16-7-6-8-19(41-4)21(16)27(24)37/h6-8,14,18,20,29-31,36,38-39H,9-13H2,1-5H3/t14-,18-,20-,29+,30+,31-,32-/m0/s1. The molecule has 0 amide bonds. The number of rotatable bonds is 8. The highest BCUT2D eigenvalue weighted by molar-refractivity contribution is 6.31. The molecule has 2 aromatic carbocycles. The zero-order chi connectivity index (χ0) is 32.4. The Morgan fingerprint density at radius 3 is 2.51 bits per heavy atom. The fourth-order valence-corrected chi connectivity index (χ4v) is 7.05. The lowest BCUT2D eigenvalue weighted by Gasteiger charge is -2.40. The highest BCUT2D eigenvalue weighted by Crippen LogP contribution is 2.52. The number of carbonyl (C=O) groups excluding carboxylic acids is 3. The molecule has 7 atom stereocenters. The number of hydrogen-bond acceptors (Lipinski definition) is 13. The number of aliphatic hydroxyl groups is 1. The van der Waals surface area contributed by atoms with Gasteiger partial charge in [0.1, 0.15) is 29.0 Å². The molecule has 13 nitrogen and oxygen atoms in total. The lowest BCUT2D eigenvalue weighted by atomic mass is 9.72. The van der Waals surface area contributed by atoms with Gasteiger partial charge < -0.3 is 43.7 Å². The number of fused-ring (bicyclic) bond motifs is 4. The molecular weight excluding hydrogens is 590 g/mol. The Morgan fingerprint density at radius 1 is 1.11 bits per heavy atom. The van der Waals surface area contributed by atoms with Gasteiger partial charge >= 0.3 is 0 Å². The maximum Gasteiger partial charge on any atom is 0.202 e. The van der Waals surface area contributed by atoms with E-state index in [1.807, 2.05) is 11.8 Å². The van der Waals surface area contributed by atoms with Crippen LogP contribution in [0.4, 0.5) is 0 Å². The van der Waals surface area contributed by atoms with E-state index in [4.69, 9.17) is 28.4 Å². The van der Waals surface area contributed by atoms with Crippen LogP contribution in [0.5, 0.6) is 17.2 Å². The molecule has 2 aliphatic carbocycles. The van der Waals surface area contributed by atoms with Crippen LogP contribution >= 0.6 is 0 Å². The smallest absolute Gasteiger partial charge is 0.202 e. The molecule has 0 bridgehead atoms. The van der Waals surface area contributed by atoms with Gasteiger partial charge in [-0.15, -0.1) is 0 Å². The van der Waals surface area contributed by atoms with Crippen LogP contribution in [0.2, 0.25) is 0 Å². The van der Waals surface area contributed by atoms with Gasteiger partial charge in [-0.3, -0.25) is 19.3 Å². The molecule has 2 saturated heterocycles. The third kappa shape index (κ3) is 4.85. The molecule has 3 N–H and O–H groups in total. The zero-order valence-corrected chi connectivity index (χ0v) is 25.7. The van der Waals surface area contributed by atoms with E-state index in [9.17, 15) is 29.7 Å². The quantitative estimate of drug-likeness (QED) is 0.308. The van der Waals surface area contributed by atoms with Crippen LogP contribution in [0.1, 0.15) is 69.3 Å². The fraction of sp³-hybridized carbons (Fsp3) is 0.531. The number of phenolic OH excluding ortho intramolecular Hbond substituents is 2. The van der Waals surface area contributed by atoms with Crippen molar-refractivity contribution in [3.8, 4) is 17.2 Å². The molecular formula is C32H37NO12. The minimum Gasteiger partial charge on any atom is -0.507 e. The summed E-state index contributed by atoms with van der Waals surface area (Å²) in [6.45, 7) is 3.94. The first-order chi connectivity index (χ1) is 21.5. The van der Waals surface area contributed by atoms with Gasteiger partial charge in [-0.05, 0) is 19.9 Å². The SMILES string of the molecule is COc1cccc2c1C(=O)c1c(O)c3c(c(O)c1C2=O)C[C@@](O)(C(C)=O)C[C@@H]3OC[C@H]1[C@@H]([C@H](C)OC)O[C@@H]2[C@@H](OC)OCCN21. The Kier molecular flexibility index (Phi) is 8.23. The normalized spacial score (nSPS) is 29.9. The van der Waals surface area contributed by atoms with Crippen LogP contribution < -0.4 is 4.74 Å². The van der Waals surface area contributed by atoms with Crippen LogP contribution in [-0.2, 0) is 34.9 Å². The average Bonchev–Trinajstić information content (AvgIpc) is 3.41. The number of hydrogen-bond donors (Lipinski definition) is 3. The van der Waals surface area contributed by atoms with Crippen molar-refractivity contribution in [2.24, 2.45) is 0 Å². The molecule has 0 saturated carbocycles. The summed E-state index contributed by atoms with van der Waals surface area (Å²) in [6.07, 6.45) is -3.86. The number of phenols is 2. The van der Waals surface area contributed by atoms with E-state index in [1.165, 1.54) is 33.3 Å². The molecule has 0 spiro atoms. The number of morpholine rings is 1. The molecule has 0 unspecified atom stereocenters. The third-order valence-electron chi connectivity index (χ3n) is 9.56. The Morgan fingerprint density at radius 2 is 1.84 bits per heavy atom. The van der Waals surface area contributed by atoms with E-state index in [0.29, 0.717) is 13.2 Å². The van der Waals surface area contributed by atoms with Gasteiger partial charge in [0.05, 0.1) is 55.3 Å². The van der Waals surface area contributed by atoms with E-state index in [2.05, 4.69) is 0 Å². The maximum absolute atomic E-state index is 13.9. The second-order valence-electron chi connectivity index (χ2n) is 11.9. The third-order valence-corrected chi connectivity index (χ3v) is 9.56. The number of nitrogens with zero attached hydrogens (tertiary/aromatic N) is 1. The minimum absolute atomic E-state index is 0.000838. The van der Waals surface area contributed by atoms with Crippen LogP contribution in [0, 0.1) is 0 Å². The summed E-state index contributed by atoms with van der Waals surface area (Å²) >= 11 is 0. The molecule has 13 heteroatoms. The van der Waals surface area contributed by atoms with Gasteiger partial charge in [-0.2, -0.15) is 0 Å². The number of ether oxygens (including phenoxy) is 6. The maximum atomic E-state index is 13.9. The van der Waals surface area contributed by atoms with Gasteiger partial charge in [-0.1, -0.05) is 12.1 Å². The first-order valence-electron chi connectivity index (χ1n) is 14.8. The molecule has 2 aliphatic heterocycles. The van der Waals surface area contributed by atoms with Crippen LogP contribution in [0.25, 0.3) is 0 Å². The van der Waals surface area contributed by atoms with Crippen molar-refractivity contribution in [2.45, 2.75) is 69.2 Å². The van der Waals surface area contributed by atoms with E-state index in [0.717, 1.165) is 0 Å². The lowest BCUT2D eigenvalue weighted by Crippen LogP contribution is -2.53. The highest BCUT2D eigenvalue weighted by atomic mass is 16.7. The van der Waals surface area contributed by atoms with Crippen molar-refractivity contribution in [1.82, 2.24) is 4.90 Å². The van der Waals surface area contributed by atoms with Crippen molar-refractivity contribution in [3.05, 3.63) is 51.6 Å². The lowest BCUT2D eigenvalue weighted by molar-refractivity contribution is -0.247. The van der Waals surface area contributed by atoms with E-state index in [1.54, 1.807) is 13.2 Å². The van der Waals surface area contributed by atoms with Gasteiger partial charge in [0.15, 0.2) is 24.1 Å². The first-order valence-corrected chi connectivity index (χ1v) is 14.8. The number of Topliss-reactive ketones (excluding diaryl/α,β-unsaturated/α-hetero) is 1. The Hall–Kier alpha value is -3.43. The summed E-state index contributed by atoms with van der Waals surface area (Å²) in [5.74, 6) is -3.00. The molecule has 45 heavy (non-hydrogen) atoms. The van der Waals surface area contributed by atoms with Crippen molar-refractivity contribution < 1.29 is 58.1 Å². The van der Waals surface area contributed by atoms with E-state index >= 15 is 0 Å². The second kappa shape index (κ2) is 11.7. The number of aromatic hydroxyl groups is 2. The number of ketones is 3. The Labute approximate surface area is 259 Å². The summed E-state index contributed by atoms with van der Waals surface area (Å²) in [7, 11) is 4.44. The van der Waals surface area contributed by atoms with Crippen molar-refractivity contribution in [2.75, 3.05) is 41.1 Å². The summed E-state index contributed by atoms with van der Waals surface area (Å²) in [5, 5.41) is 34.7. The first kappa shape index (κ1) is 31.5. The van der Waals surface area contributed by atoms with Crippen LogP contribution in [-0.4, -0.2) is 115 Å². The number of carbonyl (C=O) groups is 3. The van der Waals surface area contributed by atoms with Crippen molar-refractivity contribution in [1.29, 1.82) is 0 Å². The summed E-state index contributed by atoms with van der Waals surface area (Å²) < 4.78 is 34.9. The largest absolute Gasteiger partial charge is 0.507 e. The van der Waals surface area contributed by atoms with Gasteiger partial charge in [0.2, 0.25) is 5.78 Å². The molecule has 0 radical (unpaired) electrons. The van der Waals surface area contributed by atoms with Gasteiger partial charge in [0, 0.05) is 50.3 Å². The van der Waals surface area contributed by atoms with Crippen molar-refractivity contribution in [3.63, 3.8) is 0 Å². The zero-order valence-electron chi connectivity index (χ0n) is 25.7. The highest BCUT2D eigenvalue weighted by Gasteiger charge is 2.52. The van der Waals surface area contributed by atoms with Gasteiger partial charge in [0.25, 0.3) is 0 Å². The minimum atomic E-state index is -1.98. The number of benzene rings is 2. The molecule has 2 heterocycles. The fourth-order valence-electron chi connectivity index (χ4n) is 7.05. The second-order valence-corrected chi connectivity index (χ2v) is 11.9. The van der Waals surface area contributed by atoms with Crippen LogP contribution in [0.3, 0.4) is 0 Å². The summed E-state index contributed by atoms with van der Waals surface area (Å²) in [4.78, 5) is 42.3. The predicted molar refractivity (Wildman–Crippen MR) is 155 cm³/mol. The monoisotopic (exact) mass is 627 g/mol. The molecule has 0 aromatic heterocycles. The summed E-state index contributed by atoms with van der Waals surface area (Å²) in [6, 6.07) is 4.11. The molecule has 6 rings (SSSR count). The van der Waals surface area contributed by atoms with Crippen molar-refractivity contribution >= 4 is 17.3 Å². The Balaban J connectivity index is 1.43. The predicted octanol–water partition coefficient (Wildman–Crippen LogP) is 1.64. The van der Waals surface area contributed by atoms with Crippen LogP contribution in [0.15, 0.2) is 18.2 Å². The van der Waals surface area contributed by atoms with Gasteiger partial charge in [-0.25, -0.2) is 0 Å². The molecule has 242 valence electrons. The molecule has 2 aromatic rings. The molecule has 2 fully saturated rings. The average molecular weight is 628 g/mol. The van der Waals surface area contributed by atoms with E-state index < -0.39 is 77.2 Å². The Bertz CT molecular complexity index is 1560. The topological polar surface area (TPSA) is 171 Å². The summed E-state index contributed by atoms with van der Waals surface area (Å²) in [5.41, 5.74) is -2.81. The molecule has 4 aliphatic rings.